The van der Waals surface area contributed by atoms with Crippen LogP contribution in [0.3, 0.4) is 0 Å². The molecule has 0 saturated carbocycles. The summed E-state index contributed by atoms with van der Waals surface area (Å²) in [6.07, 6.45) is 0.176. The minimum absolute atomic E-state index is 0.253. The Morgan fingerprint density at radius 1 is 0.867 bits per heavy atom. The van der Waals surface area contributed by atoms with Gasteiger partial charge in [-0.15, -0.1) is 0 Å². The minimum atomic E-state index is -0.765. The summed E-state index contributed by atoms with van der Waals surface area (Å²) in [4.78, 5) is 25.2. The van der Waals surface area contributed by atoms with E-state index in [1.54, 1.807) is 31.2 Å². The van der Waals surface area contributed by atoms with Gasteiger partial charge in [-0.05, 0) is 48.7 Å². The zero-order chi connectivity index (χ0) is 21.3. The van der Waals surface area contributed by atoms with Crippen LogP contribution < -0.4 is 15.4 Å². The van der Waals surface area contributed by atoms with Crippen molar-refractivity contribution in [1.82, 2.24) is 5.32 Å². The second-order valence-electron chi connectivity index (χ2n) is 6.96. The van der Waals surface area contributed by atoms with Crippen LogP contribution in [-0.4, -0.2) is 17.9 Å². The van der Waals surface area contributed by atoms with Gasteiger partial charge in [0.05, 0.1) is 5.56 Å². The summed E-state index contributed by atoms with van der Waals surface area (Å²) in [7, 11) is 0. The summed E-state index contributed by atoms with van der Waals surface area (Å²) in [6, 6.07) is 24.3. The van der Waals surface area contributed by atoms with Gasteiger partial charge in [-0.2, -0.15) is 0 Å². The highest BCUT2D eigenvalue weighted by atomic mass is 16.5. The van der Waals surface area contributed by atoms with Gasteiger partial charge in [0.1, 0.15) is 5.75 Å². The molecule has 3 aromatic rings. The van der Waals surface area contributed by atoms with Gasteiger partial charge in [-0.1, -0.05) is 61.5 Å². The molecule has 0 radical (unpaired) electrons. The molecule has 0 heterocycles. The number of hydrogen-bond acceptors (Lipinski definition) is 3. The number of nitrogens with one attached hydrogen (secondary N) is 2. The lowest BCUT2D eigenvalue weighted by molar-refractivity contribution is -0.122. The van der Waals surface area contributed by atoms with Gasteiger partial charge in [0.15, 0.2) is 6.10 Å². The molecule has 30 heavy (non-hydrogen) atoms. The summed E-state index contributed by atoms with van der Waals surface area (Å²) >= 11 is 0. The van der Waals surface area contributed by atoms with E-state index in [1.807, 2.05) is 54.6 Å². The lowest BCUT2D eigenvalue weighted by Crippen LogP contribution is -2.31. The Bertz CT molecular complexity index is 985. The third-order valence-electron chi connectivity index (χ3n) is 4.73. The fourth-order valence-electron chi connectivity index (χ4n) is 2.94. The molecule has 0 saturated heterocycles. The lowest BCUT2D eigenvalue weighted by Gasteiger charge is -2.17. The zero-order valence-electron chi connectivity index (χ0n) is 17.2. The maximum atomic E-state index is 12.6. The SMILES string of the molecule is CCc1ccc(NC(=O)[C@@H](C)Oc2ccccc2C(=O)NCc2ccccc2)cc1. The molecular formula is C25H26N2O3. The van der Waals surface area contributed by atoms with Crippen molar-refractivity contribution in [2.24, 2.45) is 0 Å². The molecule has 0 bridgehead atoms. The van der Waals surface area contributed by atoms with E-state index in [1.165, 1.54) is 5.56 Å². The maximum absolute atomic E-state index is 12.6. The number of aryl methyl sites for hydroxylation is 1. The van der Waals surface area contributed by atoms with Crippen molar-refractivity contribution in [2.45, 2.75) is 32.9 Å². The average Bonchev–Trinajstić information content (AvgIpc) is 2.79. The lowest BCUT2D eigenvalue weighted by atomic mass is 10.1. The van der Waals surface area contributed by atoms with Crippen LogP contribution in [0.4, 0.5) is 5.69 Å². The predicted octanol–water partition coefficient (Wildman–Crippen LogP) is 4.59. The Labute approximate surface area is 177 Å². The van der Waals surface area contributed by atoms with Crippen molar-refractivity contribution in [3.63, 3.8) is 0 Å². The molecule has 3 aromatic carbocycles. The molecule has 1 atom stereocenters. The summed E-state index contributed by atoms with van der Waals surface area (Å²) in [5.74, 6) is -0.164. The largest absolute Gasteiger partial charge is 0.480 e. The van der Waals surface area contributed by atoms with Gasteiger partial charge in [0.2, 0.25) is 0 Å². The molecule has 0 aliphatic carbocycles. The van der Waals surface area contributed by atoms with Gasteiger partial charge < -0.3 is 15.4 Å². The summed E-state index contributed by atoms with van der Waals surface area (Å²) < 4.78 is 5.82. The number of ether oxygens (including phenoxy) is 1. The van der Waals surface area contributed by atoms with Gasteiger partial charge >= 0.3 is 0 Å². The zero-order valence-corrected chi connectivity index (χ0v) is 17.2. The van der Waals surface area contributed by atoms with Crippen LogP contribution in [-0.2, 0) is 17.8 Å². The van der Waals surface area contributed by atoms with Crippen molar-refractivity contribution in [1.29, 1.82) is 0 Å². The van der Waals surface area contributed by atoms with Gasteiger partial charge in [0, 0.05) is 12.2 Å². The third kappa shape index (κ3) is 5.70. The molecule has 3 rings (SSSR count). The first kappa shape index (κ1) is 21.1. The molecule has 0 aromatic heterocycles. The molecule has 0 spiro atoms. The highest BCUT2D eigenvalue weighted by molar-refractivity contribution is 5.97. The maximum Gasteiger partial charge on any atom is 0.265 e. The van der Waals surface area contributed by atoms with Crippen molar-refractivity contribution in [3.8, 4) is 5.75 Å². The van der Waals surface area contributed by atoms with Gasteiger partial charge in [-0.25, -0.2) is 0 Å². The average molecular weight is 402 g/mol. The van der Waals surface area contributed by atoms with Crippen LogP contribution in [0.1, 0.15) is 35.3 Å². The quantitative estimate of drug-likeness (QED) is 0.579. The van der Waals surface area contributed by atoms with Crippen LogP contribution in [0.25, 0.3) is 0 Å². The number of carbonyl (C=O) groups excluding carboxylic acids is 2. The highest BCUT2D eigenvalue weighted by Crippen LogP contribution is 2.20. The second-order valence-corrected chi connectivity index (χ2v) is 6.96. The summed E-state index contributed by atoms with van der Waals surface area (Å²) in [5.41, 5.74) is 3.31. The molecule has 5 heteroatoms. The first-order valence-electron chi connectivity index (χ1n) is 10.0. The van der Waals surface area contributed by atoms with Crippen LogP contribution >= 0.6 is 0 Å². The standard InChI is InChI=1S/C25H26N2O3/c1-3-19-13-15-21(16-14-19)27-24(28)18(2)30-23-12-8-7-11-22(23)25(29)26-17-20-9-5-4-6-10-20/h4-16,18H,3,17H2,1-2H3,(H,26,29)(H,27,28)/t18-/m1/s1. The van der Waals surface area contributed by atoms with Crippen molar-refractivity contribution >= 4 is 17.5 Å². The molecule has 154 valence electrons. The Morgan fingerprint density at radius 2 is 1.53 bits per heavy atom. The second kappa shape index (κ2) is 10.3. The summed E-state index contributed by atoms with van der Waals surface area (Å²) in [6.45, 7) is 4.16. The Kier molecular flexibility index (Phi) is 7.22. The fraction of sp³-hybridized carbons (Fsp3) is 0.200. The smallest absolute Gasteiger partial charge is 0.265 e. The number of anilines is 1. The highest BCUT2D eigenvalue weighted by Gasteiger charge is 2.19. The van der Waals surface area contributed by atoms with Gasteiger partial charge in [0.25, 0.3) is 11.8 Å². The van der Waals surface area contributed by atoms with E-state index in [0.29, 0.717) is 23.5 Å². The Morgan fingerprint density at radius 3 is 2.23 bits per heavy atom. The minimum Gasteiger partial charge on any atom is -0.480 e. The topological polar surface area (TPSA) is 67.4 Å². The number of hydrogen-bond donors (Lipinski definition) is 2. The van der Waals surface area contributed by atoms with Crippen LogP contribution in [0.15, 0.2) is 78.9 Å². The number of para-hydroxylation sites is 1. The molecule has 0 aliphatic heterocycles. The predicted molar refractivity (Wildman–Crippen MR) is 119 cm³/mol. The molecule has 5 nitrogen and oxygen atoms in total. The van der Waals surface area contributed by atoms with E-state index in [2.05, 4.69) is 17.6 Å². The number of amides is 2. The molecule has 2 N–H and O–H groups in total. The third-order valence-corrected chi connectivity index (χ3v) is 4.73. The first-order valence-corrected chi connectivity index (χ1v) is 10.0. The molecular weight excluding hydrogens is 376 g/mol. The van der Waals surface area contributed by atoms with Crippen LogP contribution in [0.5, 0.6) is 5.75 Å². The van der Waals surface area contributed by atoms with E-state index in [-0.39, 0.29) is 11.8 Å². The van der Waals surface area contributed by atoms with E-state index in [0.717, 1.165) is 12.0 Å². The first-order chi connectivity index (χ1) is 14.6. The van der Waals surface area contributed by atoms with Crippen molar-refractivity contribution in [2.75, 3.05) is 5.32 Å². The van der Waals surface area contributed by atoms with Gasteiger partial charge in [-0.3, -0.25) is 9.59 Å². The molecule has 0 fully saturated rings. The number of rotatable bonds is 8. The van der Waals surface area contributed by atoms with Crippen molar-refractivity contribution < 1.29 is 14.3 Å². The van der Waals surface area contributed by atoms with Crippen LogP contribution in [0, 0.1) is 0 Å². The van der Waals surface area contributed by atoms with Crippen LogP contribution in [0.2, 0.25) is 0 Å². The fourth-order valence-corrected chi connectivity index (χ4v) is 2.94. The van der Waals surface area contributed by atoms with E-state index in [4.69, 9.17) is 4.74 Å². The number of carbonyl (C=O) groups is 2. The van der Waals surface area contributed by atoms with E-state index < -0.39 is 6.10 Å². The Balaban J connectivity index is 1.62. The van der Waals surface area contributed by atoms with Crippen molar-refractivity contribution in [3.05, 3.63) is 95.6 Å². The molecule has 2 amide bonds. The molecule has 0 unspecified atom stereocenters. The monoisotopic (exact) mass is 402 g/mol. The molecule has 0 aliphatic rings. The Hall–Kier alpha value is -3.60. The normalized spacial score (nSPS) is 11.4. The van der Waals surface area contributed by atoms with E-state index in [9.17, 15) is 9.59 Å². The number of benzene rings is 3. The summed E-state index contributed by atoms with van der Waals surface area (Å²) in [5, 5.41) is 5.73. The van der Waals surface area contributed by atoms with E-state index >= 15 is 0 Å².